The number of methoxy groups -OCH3 is 1. The summed E-state index contributed by atoms with van der Waals surface area (Å²) in [5.41, 5.74) is 0.911. The third-order valence-corrected chi connectivity index (χ3v) is 3.95. The van der Waals surface area contributed by atoms with Gasteiger partial charge in [-0.1, -0.05) is 31.9 Å². The lowest BCUT2D eigenvalue weighted by Crippen LogP contribution is -2.38. The fourth-order valence-corrected chi connectivity index (χ4v) is 2.84. The van der Waals surface area contributed by atoms with E-state index in [1.165, 1.54) is 0 Å². The maximum atomic E-state index is 12.2. The normalized spacial score (nSPS) is 22.5. The van der Waals surface area contributed by atoms with E-state index in [1.807, 2.05) is 17.2 Å². The van der Waals surface area contributed by atoms with Gasteiger partial charge in [-0.2, -0.15) is 5.10 Å². The van der Waals surface area contributed by atoms with Crippen LogP contribution in [0.1, 0.15) is 32.6 Å². The van der Waals surface area contributed by atoms with Crippen molar-refractivity contribution in [3.8, 4) is 0 Å². The zero-order chi connectivity index (χ0) is 13.8. The first kappa shape index (κ1) is 14.3. The molecule has 0 aromatic carbocycles. The molecular formula is C14H19BrN2O2. The number of hydrogen-bond donors (Lipinski definition) is 0. The van der Waals surface area contributed by atoms with E-state index in [2.05, 4.69) is 28.0 Å². The molecule has 0 aromatic heterocycles. The predicted octanol–water partition coefficient (Wildman–Crippen LogP) is 3.20. The van der Waals surface area contributed by atoms with E-state index in [-0.39, 0.29) is 11.7 Å². The predicted molar refractivity (Wildman–Crippen MR) is 78.9 cm³/mol. The summed E-state index contributed by atoms with van der Waals surface area (Å²) in [6, 6.07) is 0. The van der Waals surface area contributed by atoms with Crippen LogP contribution in [-0.4, -0.2) is 29.1 Å². The van der Waals surface area contributed by atoms with E-state index in [0.717, 1.165) is 43.7 Å². The van der Waals surface area contributed by atoms with Gasteiger partial charge in [0.15, 0.2) is 4.62 Å². The molecule has 1 unspecified atom stereocenters. The van der Waals surface area contributed by atoms with Crippen LogP contribution in [0.15, 0.2) is 28.7 Å². The van der Waals surface area contributed by atoms with Crippen LogP contribution in [0.25, 0.3) is 0 Å². The highest BCUT2D eigenvalue weighted by atomic mass is 79.9. The number of halogens is 1. The number of ether oxygens (including phenoxy) is 1. The molecule has 1 atom stereocenters. The Hall–Kier alpha value is -1.10. The largest absolute Gasteiger partial charge is 0.499 e. The lowest BCUT2D eigenvalue weighted by Gasteiger charge is -2.33. The molecule has 0 spiro atoms. The molecule has 104 valence electrons. The van der Waals surface area contributed by atoms with Crippen molar-refractivity contribution in [2.24, 2.45) is 11.0 Å². The van der Waals surface area contributed by atoms with Crippen molar-refractivity contribution in [2.45, 2.75) is 32.6 Å². The summed E-state index contributed by atoms with van der Waals surface area (Å²) in [5.74, 6) is 0.602. The van der Waals surface area contributed by atoms with Gasteiger partial charge < -0.3 is 4.74 Å². The molecule has 0 aromatic rings. The molecule has 0 bridgehead atoms. The first-order valence-corrected chi connectivity index (χ1v) is 7.47. The van der Waals surface area contributed by atoms with E-state index in [9.17, 15) is 4.79 Å². The van der Waals surface area contributed by atoms with E-state index >= 15 is 0 Å². The average molecular weight is 327 g/mol. The van der Waals surface area contributed by atoms with Crippen molar-refractivity contribution in [3.05, 3.63) is 23.6 Å². The molecule has 4 nitrogen and oxygen atoms in total. The Bertz CT molecular complexity index is 454. The summed E-state index contributed by atoms with van der Waals surface area (Å²) in [6.45, 7) is 2.99. The molecule has 0 N–H and O–H groups in total. The second-order valence-corrected chi connectivity index (χ2v) is 5.46. The fourth-order valence-electron chi connectivity index (χ4n) is 2.40. The maximum absolute atomic E-state index is 12.2. The lowest BCUT2D eigenvalue weighted by atomic mass is 9.92. The third kappa shape index (κ3) is 2.91. The van der Waals surface area contributed by atoms with Gasteiger partial charge in [-0.25, -0.2) is 0 Å². The van der Waals surface area contributed by atoms with Crippen molar-refractivity contribution in [2.75, 3.05) is 13.7 Å². The van der Waals surface area contributed by atoms with Gasteiger partial charge in [0.05, 0.1) is 18.7 Å². The molecule has 0 amide bonds. The van der Waals surface area contributed by atoms with E-state index in [1.54, 1.807) is 7.11 Å². The highest BCUT2D eigenvalue weighted by Crippen LogP contribution is 2.33. The Labute approximate surface area is 122 Å². The molecule has 1 heterocycles. The molecule has 0 fully saturated rings. The second-order valence-electron chi connectivity index (χ2n) is 4.71. The standard InChI is InChI=1S/C14H19BrN2O2/c1-3-4-5-9-17-12-10(13(18)14(15)16-17)7-6-8-11(12)19-2/h6-7,10H,3-5,8-9H2,1-2H3. The second kappa shape index (κ2) is 6.37. The van der Waals surface area contributed by atoms with Gasteiger partial charge in [-0.15, -0.1) is 0 Å². The average Bonchev–Trinajstić information content (AvgIpc) is 2.43. The minimum atomic E-state index is -0.253. The minimum absolute atomic E-state index is 0.00671. The first-order chi connectivity index (χ1) is 9.19. The van der Waals surface area contributed by atoms with Crippen LogP contribution in [-0.2, 0) is 9.53 Å². The van der Waals surface area contributed by atoms with Gasteiger partial charge >= 0.3 is 0 Å². The van der Waals surface area contributed by atoms with Crippen molar-refractivity contribution in [1.29, 1.82) is 0 Å². The molecule has 2 rings (SSSR count). The number of nitrogens with zero attached hydrogens (tertiary/aromatic N) is 2. The number of carbonyl (C=O) groups is 1. The number of ketones is 1. The van der Waals surface area contributed by atoms with Crippen molar-refractivity contribution < 1.29 is 9.53 Å². The number of rotatable bonds is 5. The third-order valence-electron chi connectivity index (χ3n) is 3.40. The molecule has 5 heteroatoms. The number of fused-ring (bicyclic) bond motifs is 1. The molecule has 2 aliphatic rings. The van der Waals surface area contributed by atoms with Gasteiger partial charge in [0, 0.05) is 13.0 Å². The highest BCUT2D eigenvalue weighted by molar-refractivity contribution is 9.19. The fraction of sp³-hybridized carbons (Fsp3) is 0.571. The SMILES string of the molecule is CCCCCN1N=C(Br)C(=O)C2C=CCC(OC)=C21. The number of allylic oxidation sites excluding steroid dienone is 2. The van der Waals surface area contributed by atoms with Gasteiger partial charge in [0.25, 0.3) is 0 Å². The van der Waals surface area contributed by atoms with Crippen LogP contribution in [0.4, 0.5) is 0 Å². The summed E-state index contributed by atoms with van der Waals surface area (Å²) in [6.07, 6.45) is 8.05. The van der Waals surface area contributed by atoms with Crippen LogP contribution < -0.4 is 0 Å². The number of hydrogen-bond acceptors (Lipinski definition) is 4. The van der Waals surface area contributed by atoms with Crippen LogP contribution in [0.3, 0.4) is 0 Å². The Balaban J connectivity index is 2.29. The number of unbranched alkanes of at least 4 members (excludes halogenated alkanes) is 2. The monoisotopic (exact) mass is 326 g/mol. The van der Waals surface area contributed by atoms with Crippen molar-refractivity contribution in [1.82, 2.24) is 5.01 Å². The van der Waals surface area contributed by atoms with Crippen molar-refractivity contribution in [3.63, 3.8) is 0 Å². The zero-order valence-corrected chi connectivity index (χ0v) is 12.9. The van der Waals surface area contributed by atoms with Crippen LogP contribution in [0.2, 0.25) is 0 Å². The topological polar surface area (TPSA) is 41.9 Å². The van der Waals surface area contributed by atoms with Gasteiger partial charge in [-0.3, -0.25) is 9.80 Å². The Morgan fingerprint density at radius 2 is 2.32 bits per heavy atom. The van der Waals surface area contributed by atoms with Crippen LogP contribution >= 0.6 is 15.9 Å². The van der Waals surface area contributed by atoms with Crippen LogP contribution in [0, 0.1) is 5.92 Å². The number of hydrazone groups is 1. The molecule has 19 heavy (non-hydrogen) atoms. The van der Waals surface area contributed by atoms with E-state index < -0.39 is 0 Å². The summed E-state index contributed by atoms with van der Waals surface area (Å²) >= 11 is 3.27. The molecule has 1 aliphatic heterocycles. The number of carbonyl (C=O) groups excluding carboxylic acids is 1. The summed E-state index contributed by atoms with van der Waals surface area (Å²) < 4.78 is 5.83. The van der Waals surface area contributed by atoms with Gasteiger partial charge in [0.2, 0.25) is 5.78 Å². The molecule has 0 saturated heterocycles. The van der Waals surface area contributed by atoms with Crippen molar-refractivity contribution >= 4 is 26.3 Å². The molecular weight excluding hydrogens is 308 g/mol. The van der Waals surface area contributed by atoms with E-state index in [0.29, 0.717) is 4.62 Å². The highest BCUT2D eigenvalue weighted by Gasteiger charge is 2.36. The summed E-state index contributed by atoms with van der Waals surface area (Å²) in [4.78, 5) is 12.2. The van der Waals surface area contributed by atoms with E-state index in [4.69, 9.17) is 4.74 Å². The summed E-state index contributed by atoms with van der Waals surface area (Å²) in [7, 11) is 1.65. The zero-order valence-electron chi connectivity index (χ0n) is 11.4. The van der Waals surface area contributed by atoms with Crippen LogP contribution in [0.5, 0.6) is 0 Å². The van der Waals surface area contributed by atoms with Gasteiger partial charge in [0.1, 0.15) is 5.76 Å². The molecule has 0 radical (unpaired) electrons. The molecule has 0 saturated carbocycles. The Kier molecular flexibility index (Phi) is 4.80. The van der Waals surface area contributed by atoms with Gasteiger partial charge in [-0.05, 0) is 22.4 Å². The quantitative estimate of drug-likeness (QED) is 0.575. The molecule has 1 aliphatic carbocycles. The lowest BCUT2D eigenvalue weighted by molar-refractivity contribution is -0.115. The number of Topliss-reactive ketones (excluding diaryl/α,β-unsaturated/α-hetero) is 1. The first-order valence-electron chi connectivity index (χ1n) is 6.68. The Morgan fingerprint density at radius 3 is 3.00 bits per heavy atom. The smallest absolute Gasteiger partial charge is 0.203 e. The Morgan fingerprint density at radius 1 is 1.53 bits per heavy atom. The minimum Gasteiger partial charge on any atom is -0.499 e. The summed E-state index contributed by atoms with van der Waals surface area (Å²) in [5, 5.41) is 6.29. The maximum Gasteiger partial charge on any atom is 0.203 e.